The Hall–Kier alpha value is -1.64. The van der Waals surface area contributed by atoms with Crippen molar-refractivity contribution in [3.63, 3.8) is 0 Å². The summed E-state index contributed by atoms with van der Waals surface area (Å²) in [5, 5.41) is 6.44. The molecule has 0 aliphatic carbocycles. The van der Waals surface area contributed by atoms with E-state index in [1.165, 1.54) is 49.7 Å². The van der Waals surface area contributed by atoms with Crippen LogP contribution in [0.5, 0.6) is 0 Å². The fourth-order valence-electron chi connectivity index (χ4n) is 3.10. The molecule has 1 aromatic carbocycles. The van der Waals surface area contributed by atoms with E-state index in [1.54, 1.807) is 7.05 Å². The summed E-state index contributed by atoms with van der Waals surface area (Å²) in [5.41, 5.74) is 2.56. The van der Waals surface area contributed by atoms with Crippen molar-refractivity contribution in [2.24, 2.45) is 4.99 Å². The van der Waals surface area contributed by atoms with Gasteiger partial charge in [0.2, 0.25) is 0 Å². The minimum atomic E-state index is -2.97. The Morgan fingerprint density at radius 2 is 1.75 bits per heavy atom. The Bertz CT molecular complexity index is 699. The van der Waals surface area contributed by atoms with Gasteiger partial charge in [-0.3, -0.25) is 9.89 Å². The van der Waals surface area contributed by atoms with Crippen LogP contribution in [0.25, 0.3) is 0 Å². The van der Waals surface area contributed by atoms with Gasteiger partial charge in [0.15, 0.2) is 5.96 Å². The summed E-state index contributed by atoms with van der Waals surface area (Å²) in [4.78, 5) is 6.72. The van der Waals surface area contributed by atoms with Gasteiger partial charge in [0.05, 0.1) is 19.0 Å². The predicted molar refractivity (Wildman–Crippen MR) is 114 cm³/mol. The van der Waals surface area contributed by atoms with Gasteiger partial charge in [-0.05, 0) is 37.1 Å². The van der Waals surface area contributed by atoms with Crippen molar-refractivity contribution in [1.82, 2.24) is 15.5 Å². The SMILES string of the molecule is CN=C(NCCOCCS(C)(=O)=O)NCc1ccc(CN2CCCCC2)cc1. The zero-order chi connectivity index (χ0) is 20.2. The summed E-state index contributed by atoms with van der Waals surface area (Å²) in [6.07, 6.45) is 5.21. The maximum absolute atomic E-state index is 11.0. The van der Waals surface area contributed by atoms with Crippen molar-refractivity contribution in [1.29, 1.82) is 0 Å². The summed E-state index contributed by atoms with van der Waals surface area (Å²) in [6.45, 7) is 5.37. The Morgan fingerprint density at radius 1 is 1.07 bits per heavy atom. The van der Waals surface area contributed by atoms with Gasteiger partial charge < -0.3 is 15.4 Å². The van der Waals surface area contributed by atoms with Crippen LogP contribution in [0, 0.1) is 0 Å². The van der Waals surface area contributed by atoms with Crippen LogP contribution in [0.15, 0.2) is 29.3 Å². The van der Waals surface area contributed by atoms with E-state index < -0.39 is 9.84 Å². The van der Waals surface area contributed by atoms with E-state index >= 15 is 0 Å². The van der Waals surface area contributed by atoms with Crippen LogP contribution in [-0.2, 0) is 27.7 Å². The first-order valence-electron chi connectivity index (χ1n) is 9.96. The van der Waals surface area contributed by atoms with E-state index in [9.17, 15) is 8.42 Å². The number of hydrogen-bond donors (Lipinski definition) is 2. The molecular formula is C20H34N4O3S. The zero-order valence-electron chi connectivity index (χ0n) is 17.1. The first kappa shape index (κ1) is 22.6. The van der Waals surface area contributed by atoms with Crippen molar-refractivity contribution in [3.8, 4) is 0 Å². The van der Waals surface area contributed by atoms with Crippen LogP contribution >= 0.6 is 0 Å². The molecule has 8 heteroatoms. The number of aliphatic imine (C=N–C) groups is 1. The van der Waals surface area contributed by atoms with Crippen molar-refractivity contribution in [2.45, 2.75) is 32.4 Å². The summed E-state index contributed by atoms with van der Waals surface area (Å²) >= 11 is 0. The van der Waals surface area contributed by atoms with Gasteiger partial charge in [0.1, 0.15) is 9.84 Å². The van der Waals surface area contributed by atoms with Crippen molar-refractivity contribution in [2.75, 3.05) is 51.9 Å². The molecule has 0 radical (unpaired) electrons. The molecule has 7 nitrogen and oxygen atoms in total. The lowest BCUT2D eigenvalue weighted by Gasteiger charge is -2.26. The normalized spacial score (nSPS) is 16.1. The third-order valence-corrected chi connectivity index (χ3v) is 5.61. The Balaban J connectivity index is 1.64. The number of ether oxygens (including phenoxy) is 1. The van der Waals surface area contributed by atoms with Crippen LogP contribution in [0.4, 0.5) is 0 Å². The number of sulfone groups is 1. The average molecular weight is 411 g/mol. The molecule has 158 valence electrons. The summed E-state index contributed by atoms with van der Waals surface area (Å²) in [7, 11) is -1.24. The van der Waals surface area contributed by atoms with E-state index in [4.69, 9.17) is 4.74 Å². The lowest BCUT2D eigenvalue weighted by atomic mass is 10.1. The van der Waals surface area contributed by atoms with Gasteiger partial charge in [-0.1, -0.05) is 30.7 Å². The second-order valence-corrected chi connectivity index (χ2v) is 9.51. The Labute approximate surface area is 169 Å². The molecule has 0 spiro atoms. The molecule has 2 N–H and O–H groups in total. The third-order valence-electron chi connectivity index (χ3n) is 4.70. The maximum atomic E-state index is 11.0. The standard InChI is InChI=1S/C20H34N4O3S/c1-21-20(22-10-13-27-14-15-28(2,25)26)23-16-18-6-8-19(9-7-18)17-24-11-4-3-5-12-24/h6-9H,3-5,10-17H2,1-2H3,(H2,21,22,23). The zero-order valence-corrected chi connectivity index (χ0v) is 17.9. The van der Waals surface area contributed by atoms with Gasteiger partial charge >= 0.3 is 0 Å². The third kappa shape index (κ3) is 9.52. The summed E-state index contributed by atoms with van der Waals surface area (Å²) in [5.74, 6) is 0.748. The fraction of sp³-hybridized carbons (Fsp3) is 0.650. The van der Waals surface area contributed by atoms with Crippen LogP contribution in [0.1, 0.15) is 30.4 Å². The van der Waals surface area contributed by atoms with Crippen molar-refractivity contribution in [3.05, 3.63) is 35.4 Å². The largest absolute Gasteiger partial charge is 0.379 e. The molecule has 2 rings (SSSR count). The van der Waals surface area contributed by atoms with Gasteiger partial charge in [-0.2, -0.15) is 0 Å². The highest BCUT2D eigenvalue weighted by molar-refractivity contribution is 7.90. The lowest BCUT2D eigenvalue weighted by Crippen LogP contribution is -2.38. The highest BCUT2D eigenvalue weighted by Crippen LogP contribution is 2.13. The van der Waals surface area contributed by atoms with Gasteiger partial charge in [0.25, 0.3) is 0 Å². The van der Waals surface area contributed by atoms with Crippen LogP contribution in [0.3, 0.4) is 0 Å². The number of rotatable bonds is 10. The molecule has 1 aliphatic heterocycles. The quantitative estimate of drug-likeness (QED) is 0.345. The van der Waals surface area contributed by atoms with E-state index in [2.05, 4.69) is 44.8 Å². The minimum absolute atomic E-state index is 0.0493. The smallest absolute Gasteiger partial charge is 0.191 e. The predicted octanol–water partition coefficient (Wildman–Crippen LogP) is 1.40. The van der Waals surface area contributed by atoms with E-state index in [0.29, 0.717) is 25.7 Å². The maximum Gasteiger partial charge on any atom is 0.191 e. The molecular weight excluding hydrogens is 376 g/mol. The first-order valence-corrected chi connectivity index (χ1v) is 12.0. The molecule has 0 saturated carbocycles. The molecule has 0 amide bonds. The number of guanidine groups is 1. The van der Waals surface area contributed by atoms with E-state index in [-0.39, 0.29) is 12.4 Å². The number of likely N-dealkylation sites (tertiary alicyclic amines) is 1. The van der Waals surface area contributed by atoms with Gasteiger partial charge in [-0.25, -0.2) is 8.42 Å². The number of nitrogens with zero attached hydrogens (tertiary/aromatic N) is 2. The molecule has 0 unspecified atom stereocenters. The number of benzene rings is 1. The van der Waals surface area contributed by atoms with Gasteiger partial charge in [-0.15, -0.1) is 0 Å². The van der Waals surface area contributed by atoms with E-state index in [0.717, 1.165) is 6.54 Å². The molecule has 0 bridgehead atoms. The van der Waals surface area contributed by atoms with Crippen molar-refractivity contribution < 1.29 is 13.2 Å². The molecule has 1 heterocycles. The molecule has 28 heavy (non-hydrogen) atoms. The Kier molecular flexibility index (Phi) is 9.73. The van der Waals surface area contributed by atoms with Crippen LogP contribution in [-0.4, -0.2) is 71.2 Å². The average Bonchev–Trinajstić information content (AvgIpc) is 2.68. The summed E-state index contributed by atoms with van der Waals surface area (Å²) < 4.78 is 27.4. The van der Waals surface area contributed by atoms with Crippen LogP contribution < -0.4 is 10.6 Å². The molecule has 1 aromatic rings. The molecule has 1 saturated heterocycles. The van der Waals surface area contributed by atoms with Crippen LogP contribution in [0.2, 0.25) is 0 Å². The number of hydrogen-bond acceptors (Lipinski definition) is 5. The highest BCUT2D eigenvalue weighted by Gasteiger charge is 2.10. The first-order chi connectivity index (χ1) is 13.5. The highest BCUT2D eigenvalue weighted by atomic mass is 32.2. The molecule has 1 aliphatic rings. The minimum Gasteiger partial charge on any atom is -0.379 e. The molecule has 0 aromatic heterocycles. The van der Waals surface area contributed by atoms with Gasteiger partial charge in [0, 0.05) is 32.9 Å². The number of nitrogens with one attached hydrogen (secondary N) is 2. The number of piperidine rings is 1. The fourth-order valence-corrected chi connectivity index (χ4v) is 3.52. The molecule has 0 atom stereocenters. The Morgan fingerprint density at radius 3 is 2.39 bits per heavy atom. The second-order valence-electron chi connectivity index (χ2n) is 7.25. The summed E-state index contributed by atoms with van der Waals surface area (Å²) in [6, 6.07) is 8.73. The topological polar surface area (TPSA) is 83.0 Å². The lowest BCUT2D eigenvalue weighted by molar-refractivity contribution is 0.154. The molecule has 1 fully saturated rings. The monoisotopic (exact) mass is 410 g/mol. The van der Waals surface area contributed by atoms with Crippen molar-refractivity contribution >= 4 is 15.8 Å². The second kappa shape index (κ2) is 12.0. The van der Waals surface area contributed by atoms with E-state index in [1.807, 2.05) is 0 Å².